The van der Waals surface area contributed by atoms with Gasteiger partial charge in [-0.05, 0) is 37.1 Å². The fourth-order valence-corrected chi connectivity index (χ4v) is 2.52. The average molecular weight is 290 g/mol. The van der Waals surface area contributed by atoms with Crippen LogP contribution in [0.15, 0.2) is 24.3 Å². The molecule has 1 aromatic carbocycles. The lowest BCUT2D eigenvalue weighted by atomic mass is 9.96. The Bertz CT molecular complexity index is 553. The number of nitrogens with one attached hydrogen (secondary N) is 1. The van der Waals surface area contributed by atoms with E-state index in [1.54, 1.807) is 11.9 Å². The van der Waals surface area contributed by atoms with Crippen molar-refractivity contribution in [3.8, 4) is 0 Å². The van der Waals surface area contributed by atoms with Gasteiger partial charge in [-0.25, -0.2) is 4.79 Å². The van der Waals surface area contributed by atoms with Gasteiger partial charge in [-0.1, -0.05) is 0 Å². The van der Waals surface area contributed by atoms with Crippen LogP contribution in [0.5, 0.6) is 0 Å². The maximum Gasteiger partial charge on any atom is 0.335 e. The van der Waals surface area contributed by atoms with Gasteiger partial charge in [-0.2, -0.15) is 0 Å². The summed E-state index contributed by atoms with van der Waals surface area (Å²) in [6.45, 7) is 1.02. The van der Waals surface area contributed by atoms with Crippen LogP contribution in [0.3, 0.4) is 0 Å². The summed E-state index contributed by atoms with van der Waals surface area (Å²) in [4.78, 5) is 36.5. The lowest BCUT2D eigenvalue weighted by Crippen LogP contribution is -2.44. The van der Waals surface area contributed by atoms with E-state index in [2.05, 4.69) is 5.32 Å². The number of carbonyl (C=O) groups excluding carboxylic acids is 2. The molecule has 0 saturated carbocycles. The molecule has 0 spiro atoms. The summed E-state index contributed by atoms with van der Waals surface area (Å²) in [7, 11) is 1.59. The predicted molar refractivity (Wildman–Crippen MR) is 76.1 cm³/mol. The first-order valence-corrected chi connectivity index (χ1v) is 6.87. The maximum atomic E-state index is 12.4. The van der Waals surface area contributed by atoms with E-state index in [9.17, 15) is 14.4 Å². The number of rotatable bonds is 3. The average Bonchev–Trinajstić information content (AvgIpc) is 2.53. The van der Waals surface area contributed by atoms with Crippen LogP contribution in [0.2, 0.25) is 0 Å². The van der Waals surface area contributed by atoms with E-state index in [1.807, 2.05) is 0 Å². The van der Waals surface area contributed by atoms with Crippen molar-refractivity contribution in [3.05, 3.63) is 35.4 Å². The van der Waals surface area contributed by atoms with Crippen LogP contribution < -0.4 is 5.32 Å². The minimum Gasteiger partial charge on any atom is -0.478 e. The number of benzene rings is 1. The monoisotopic (exact) mass is 290 g/mol. The first-order valence-electron chi connectivity index (χ1n) is 6.87. The Hall–Kier alpha value is -2.37. The lowest BCUT2D eigenvalue weighted by molar-refractivity contribution is -0.125. The molecule has 0 aromatic heterocycles. The zero-order chi connectivity index (χ0) is 15.4. The molecule has 0 bridgehead atoms. The molecule has 1 atom stereocenters. The SMILES string of the molecule is CNC(=O)[C@@H]1CCCN(C(=O)c2ccc(C(=O)O)cc2)C1. The van der Waals surface area contributed by atoms with Crippen molar-refractivity contribution < 1.29 is 19.5 Å². The van der Waals surface area contributed by atoms with Crippen molar-refractivity contribution >= 4 is 17.8 Å². The summed E-state index contributed by atoms with van der Waals surface area (Å²) in [6.07, 6.45) is 1.57. The summed E-state index contributed by atoms with van der Waals surface area (Å²) < 4.78 is 0. The molecular formula is C15H18N2O4. The standard InChI is InChI=1S/C15H18N2O4/c1-16-13(18)12-3-2-8-17(9-12)14(19)10-4-6-11(7-5-10)15(20)21/h4-7,12H,2-3,8-9H2,1H3,(H,16,18)(H,20,21)/t12-/m1/s1. The van der Waals surface area contributed by atoms with Crippen molar-refractivity contribution in [2.75, 3.05) is 20.1 Å². The third-order valence-corrected chi connectivity index (χ3v) is 3.70. The van der Waals surface area contributed by atoms with Gasteiger partial charge in [0.05, 0.1) is 11.5 Å². The van der Waals surface area contributed by atoms with Gasteiger partial charge in [-0.3, -0.25) is 9.59 Å². The highest BCUT2D eigenvalue weighted by Crippen LogP contribution is 2.19. The van der Waals surface area contributed by atoms with E-state index in [1.165, 1.54) is 24.3 Å². The summed E-state index contributed by atoms with van der Waals surface area (Å²) in [6, 6.07) is 5.84. The van der Waals surface area contributed by atoms with Gasteiger partial charge < -0.3 is 15.3 Å². The highest BCUT2D eigenvalue weighted by atomic mass is 16.4. The smallest absolute Gasteiger partial charge is 0.335 e. The van der Waals surface area contributed by atoms with E-state index < -0.39 is 5.97 Å². The number of carboxylic acids is 1. The largest absolute Gasteiger partial charge is 0.478 e. The maximum absolute atomic E-state index is 12.4. The Kier molecular flexibility index (Phi) is 4.57. The van der Waals surface area contributed by atoms with Crippen LogP contribution >= 0.6 is 0 Å². The molecule has 1 saturated heterocycles. The van der Waals surface area contributed by atoms with Gasteiger partial charge in [0.25, 0.3) is 5.91 Å². The molecule has 6 nitrogen and oxygen atoms in total. The number of nitrogens with zero attached hydrogens (tertiary/aromatic N) is 1. The van der Waals surface area contributed by atoms with Crippen molar-refractivity contribution in [1.82, 2.24) is 10.2 Å². The topological polar surface area (TPSA) is 86.7 Å². The summed E-state index contributed by atoms with van der Waals surface area (Å²) >= 11 is 0. The van der Waals surface area contributed by atoms with Crippen LogP contribution in [-0.4, -0.2) is 47.9 Å². The fourth-order valence-electron chi connectivity index (χ4n) is 2.52. The molecule has 0 aliphatic carbocycles. The molecule has 2 N–H and O–H groups in total. The number of carbonyl (C=O) groups is 3. The Labute approximate surface area is 122 Å². The van der Waals surface area contributed by atoms with Crippen molar-refractivity contribution in [2.45, 2.75) is 12.8 Å². The normalized spacial score (nSPS) is 18.1. The van der Waals surface area contributed by atoms with Crippen LogP contribution in [0.25, 0.3) is 0 Å². The number of hydrogen-bond donors (Lipinski definition) is 2. The molecule has 6 heteroatoms. The van der Waals surface area contributed by atoms with Crippen LogP contribution in [-0.2, 0) is 4.79 Å². The zero-order valence-corrected chi connectivity index (χ0v) is 11.8. The van der Waals surface area contributed by atoms with Gasteiger partial charge >= 0.3 is 5.97 Å². The van der Waals surface area contributed by atoms with Crippen LogP contribution in [0, 0.1) is 5.92 Å². The van der Waals surface area contributed by atoms with Crippen molar-refractivity contribution in [2.24, 2.45) is 5.92 Å². The molecule has 0 radical (unpaired) electrons. The Morgan fingerprint density at radius 2 is 1.81 bits per heavy atom. The molecule has 1 heterocycles. The van der Waals surface area contributed by atoms with E-state index in [4.69, 9.17) is 5.11 Å². The van der Waals surface area contributed by atoms with E-state index in [0.29, 0.717) is 18.7 Å². The molecule has 1 fully saturated rings. The highest BCUT2D eigenvalue weighted by molar-refractivity contribution is 5.96. The van der Waals surface area contributed by atoms with Gasteiger partial charge in [0.15, 0.2) is 0 Å². The quantitative estimate of drug-likeness (QED) is 0.869. The molecule has 21 heavy (non-hydrogen) atoms. The molecule has 1 aliphatic heterocycles. The van der Waals surface area contributed by atoms with Gasteiger partial charge in [-0.15, -0.1) is 0 Å². The van der Waals surface area contributed by atoms with Gasteiger partial charge in [0.1, 0.15) is 0 Å². The minimum atomic E-state index is -1.02. The summed E-state index contributed by atoms with van der Waals surface area (Å²) in [5.41, 5.74) is 0.589. The Morgan fingerprint density at radius 1 is 1.19 bits per heavy atom. The fraction of sp³-hybridized carbons (Fsp3) is 0.400. The molecule has 2 rings (SSSR count). The highest BCUT2D eigenvalue weighted by Gasteiger charge is 2.28. The van der Waals surface area contributed by atoms with Crippen LogP contribution in [0.1, 0.15) is 33.6 Å². The molecule has 1 aliphatic rings. The Balaban J connectivity index is 2.08. The summed E-state index contributed by atoms with van der Waals surface area (Å²) in [5.74, 6) is -1.41. The first kappa shape index (κ1) is 15.0. The molecule has 0 unspecified atom stereocenters. The molecule has 112 valence electrons. The Morgan fingerprint density at radius 3 is 2.38 bits per heavy atom. The number of aromatic carboxylic acids is 1. The molecule has 1 aromatic rings. The third-order valence-electron chi connectivity index (χ3n) is 3.70. The lowest BCUT2D eigenvalue weighted by Gasteiger charge is -2.31. The van der Waals surface area contributed by atoms with Crippen molar-refractivity contribution in [3.63, 3.8) is 0 Å². The summed E-state index contributed by atoms with van der Waals surface area (Å²) in [5, 5.41) is 11.5. The number of hydrogen-bond acceptors (Lipinski definition) is 3. The second-order valence-corrected chi connectivity index (χ2v) is 5.09. The number of piperidine rings is 1. The molecule has 2 amide bonds. The second-order valence-electron chi connectivity index (χ2n) is 5.09. The van der Waals surface area contributed by atoms with Crippen LogP contribution in [0.4, 0.5) is 0 Å². The van der Waals surface area contributed by atoms with E-state index >= 15 is 0 Å². The predicted octanol–water partition coefficient (Wildman–Crippen LogP) is 0.983. The number of likely N-dealkylation sites (tertiary alicyclic amines) is 1. The number of amides is 2. The number of carboxylic acid groups (broad SMARTS) is 1. The minimum absolute atomic E-state index is 0.0475. The van der Waals surface area contributed by atoms with E-state index in [0.717, 1.165) is 12.8 Å². The van der Waals surface area contributed by atoms with Crippen molar-refractivity contribution in [1.29, 1.82) is 0 Å². The zero-order valence-electron chi connectivity index (χ0n) is 11.8. The molecular weight excluding hydrogens is 272 g/mol. The van der Waals surface area contributed by atoms with Gasteiger partial charge in [0, 0.05) is 25.7 Å². The van der Waals surface area contributed by atoms with Gasteiger partial charge in [0.2, 0.25) is 5.91 Å². The van der Waals surface area contributed by atoms with E-state index in [-0.39, 0.29) is 23.3 Å². The third kappa shape index (κ3) is 3.39. The first-order chi connectivity index (χ1) is 10.0. The second kappa shape index (κ2) is 6.39.